The van der Waals surface area contributed by atoms with Crippen LogP contribution in [0.4, 0.5) is 11.4 Å². The zero-order valence-electron chi connectivity index (χ0n) is 16.6. The molecule has 1 aliphatic heterocycles. The first kappa shape index (κ1) is 21.4. The minimum Gasteiger partial charge on any atom is -0.495 e. The molecule has 0 radical (unpaired) electrons. The SMILES string of the molecule is COc1ccc(S(=O)(=O)N2CCN(c3cc(Cl)ccc3C)CC2)cc1NC(C)=O. The Morgan fingerprint density at radius 2 is 1.79 bits per heavy atom. The van der Waals surface area contributed by atoms with E-state index in [1.807, 2.05) is 25.1 Å². The number of carbonyl (C=O) groups is 1. The second-order valence-corrected chi connectivity index (χ2v) is 9.24. The van der Waals surface area contributed by atoms with E-state index >= 15 is 0 Å². The van der Waals surface area contributed by atoms with Crippen molar-refractivity contribution in [2.45, 2.75) is 18.7 Å². The Kier molecular flexibility index (Phi) is 6.36. The highest BCUT2D eigenvalue weighted by molar-refractivity contribution is 7.89. The summed E-state index contributed by atoms with van der Waals surface area (Å²) >= 11 is 6.12. The number of carbonyl (C=O) groups excluding carboxylic acids is 1. The molecule has 1 saturated heterocycles. The quantitative estimate of drug-likeness (QED) is 0.777. The molecular weight excluding hydrogens is 414 g/mol. The van der Waals surface area contributed by atoms with Gasteiger partial charge < -0.3 is 15.0 Å². The molecule has 1 amide bonds. The third-order valence-corrected chi connectivity index (χ3v) is 7.00. The molecule has 1 aliphatic rings. The summed E-state index contributed by atoms with van der Waals surface area (Å²) in [5.41, 5.74) is 2.45. The van der Waals surface area contributed by atoms with Crippen LogP contribution in [0.15, 0.2) is 41.3 Å². The molecule has 1 fully saturated rings. The summed E-state index contributed by atoms with van der Waals surface area (Å²) in [7, 11) is -2.23. The number of sulfonamides is 1. The minimum atomic E-state index is -3.70. The number of ether oxygens (including phenoxy) is 1. The van der Waals surface area contributed by atoms with Crippen molar-refractivity contribution in [3.05, 3.63) is 47.0 Å². The van der Waals surface area contributed by atoms with Gasteiger partial charge in [0.05, 0.1) is 17.7 Å². The number of nitrogens with one attached hydrogen (secondary N) is 1. The van der Waals surface area contributed by atoms with E-state index < -0.39 is 10.0 Å². The zero-order valence-corrected chi connectivity index (χ0v) is 18.2. The second-order valence-electron chi connectivity index (χ2n) is 6.87. The maximum absolute atomic E-state index is 13.1. The number of nitrogens with zero attached hydrogens (tertiary/aromatic N) is 2. The van der Waals surface area contributed by atoms with E-state index in [0.29, 0.717) is 42.6 Å². The number of halogens is 1. The lowest BCUT2D eigenvalue weighted by atomic mass is 10.1. The first-order valence-electron chi connectivity index (χ1n) is 9.19. The van der Waals surface area contributed by atoms with Crippen molar-refractivity contribution in [3.63, 3.8) is 0 Å². The molecule has 1 N–H and O–H groups in total. The standard InChI is InChI=1S/C20H24ClN3O4S/c1-14-4-5-16(21)12-19(14)23-8-10-24(11-9-23)29(26,27)17-6-7-20(28-3)18(13-17)22-15(2)25/h4-7,12-13H,8-11H2,1-3H3,(H,22,25). The Balaban J connectivity index is 1.79. The molecule has 0 aliphatic carbocycles. The van der Waals surface area contributed by atoms with Crippen molar-refractivity contribution in [1.29, 1.82) is 0 Å². The summed E-state index contributed by atoms with van der Waals surface area (Å²) in [6.07, 6.45) is 0. The molecule has 29 heavy (non-hydrogen) atoms. The van der Waals surface area contributed by atoms with E-state index in [9.17, 15) is 13.2 Å². The van der Waals surface area contributed by atoms with E-state index in [0.717, 1.165) is 11.3 Å². The predicted octanol–water partition coefficient (Wildman–Crippen LogP) is 3.13. The van der Waals surface area contributed by atoms with Crippen LogP contribution in [0.1, 0.15) is 12.5 Å². The average Bonchev–Trinajstić information content (AvgIpc) is 2.69. The molecule has 0 unspecified atom stereocenters. The fourth-order valence-corrected chi connectivity index (χ4v) is 4.99. The van der Waals surface area contributed by atoms with Crippen LogP contribution >= 0.6 is 11.6 Å². The van der Waals surface area contributed by atoms with E-state index in [1.165, 1.54) is 30.5 Å². The highest BCUT2D eigenvalue weighted by atomic mass is 35.5. The zero-order chi connectivity index (χ0) is 21.2. The molecular formula is C20H24ClN3O4S. The topological polar surface area (TPSA) is 79.0 Å². The number of rotatable bonds is 5. The van der Waals surface area contributed by atoms with Gasteiger partial charge in [-0.05, 0) is 42.8 Å². The summed E-state index contributed by atoms with van der Waals surface area (Å²) in [6.45, 7) is 5.21. The van der Waals surface area contributed by atoms with Crippen molar-refractivity contribution in [2.75, 3.05) is 43.5 Å². The normalized spacial score (nSPS) is 15.2. The maximum atomic E-state index is 13.1. The van der Waals surface area contributed by atoms with E-state index in [2.05, 4.69) is 10.2 Å². The third-order valence-electron chi connectivity index (χ3n) is 4.87. The largest absolute Gasteiger partial charge is 0.495 e. The monoisotopic (exact) mass is 437 g/mol. The number of amides is 1. The van der Waals surface area contributed by atoms with E-state index in [-0.39, 0.29) is 10.8 Å². The smallest absolute Gasteiger partial charge is 0.243 e. The fourth-order valence-electron chi connectivity index (χ4n) is 3.38. The van der Waals surface area contributed by atoms with Crippen LogP contribution in [0.25, 0.3) is 0 Å². The molecule has 9 heteroatoms. The van der Waals surface area contributed by atoms with Crippen LogP contribution in [0.3, 0.4) is 0 Å². The van der Waals surface area contributed by atoms with Gasteiger partial charge in [-0.1, -0.05) is 17.7 Å². The van der Waals surface area contributed by atoms with E-state index in [4.69, 9.17) is 16.3 Å². The predicted molar refractivity (Wildman–Crippen MR) is 114 cm³/mol. The lowest BCUT2D eigenvalue weighted by Gasteiger charge is -2.36. The molecule has 0 saturated carbocycles. The van der Waals surface area contributed by atoms with Gasteiger partial charge in [-0.25, -0.2) is 8.42 Å². The van der Waals surface area contributed by atoms with Crippen molar-refractivity contribution in [3.8, 4) is 5.75 Å². The van der Waals surface area contributed by atoms with Gasteiger partial charge in [0, 0.05) is 43.8 Å². The number of hydrogen-bond acceptors (Lipinski definition) is 5. The molecule has 0 bridgehead atoms. The van der Waals surface area contributed by atoms with Crippen LogP contribution in [-0.4, -0.2) is 51.9 Å². The van der Waals surface area contributed by atoms with Gasteiger partial charge in [0.15, 0.2) is 0 Å². The summed E-state index contributed by atoms with van der Waals surface area (Å²) in [5.74, 6) is 0.101. The Labute approximate surface area is 176 Å². The third kappa shape index (κ3) is 4.66. The minimum absolute atomic E-state index is 0.120. The Morgan fingerprint density at radius 1 is 1.10 bits per heavy atom. The van der Waals surface area contributed by atoms with Gasteiger partial charge in [0.2, 0.25) is 15.9 Å². The van der Waals surface area contributed by atoms with Gasteiger partial charge in [-0.15, -0.1) is 0 Å². The van der Waals surface area contributed by atoms with Crippen LogP contribution in [-0.2, 0) is 14.8 Å². The van der Waals surface area contributed by atoms with Crippen molar-refractivity contribution in [2.24, 2.45) is 0 Å². The molecule has 1 heterocycles. The Morgan fingerprint density at radius 3 is 2.41 bits per heavy atom. The van der Waals surface area contributed by atoms with Crippen LogP contribution < -0.4 is 15.0 Å². The lowest BCUT2D eigenvalue weighted by Crippen LogP contribution is -2.48. The number of piperazine rings is 1. The van der Waals surface area contributed by atoms with Crippen molar-refractivity contribution < 1.29 is 17.9 Å². The van der Waals surface area contributed by atoms with Crippen LogP contribution in [0.5, 0.6) is 5.75 Å². The Hall–Kier alpha value is -2.29. The van der Waals surface area contributed by atoms with Gasteiger partial charge in [0.1, 0.15) is 5.75 Å². The Bertz CT molecular complexity index is 1020. The van der Waals surface area contributed by atoms with Gasteiger partial charge >= 0.3 is 0 Å². The molecule has 2 aromatic carbocycles. The first-order valence-corrected chi connectivity index (χ1v) is 11.0. The second kappa shape index (κ2) is 8.61. The number of hydrogen-bond donors (Lipinski definition) is 1. The van der Waals surface area contributed by atoms with Crippen molar-refractivity contribution >= 4 is 38.9 Å². The molecule has 2 aromatic rings. The van der Waals surface area contributed by atoms with Gasteiger partial charge in [0.25, 0.3) is 0 Å². The number of anilines is 2. The molecule has 0 spiro atoms. The summed E-state index contributed by atoms with van der Waals surface area (Å²) < 4.78 is 32.9. The summed E-state index contributed by atoms with van der Waals surface area (Å²) in [5, 5.41) is 3.27. The number of aryl methyl sites for hydroxylation is 1. The lowest BCUT2D eigenvalue weighted by molar-refractivity contribution is -0.114. The molecule has 0 atom stereocenters. The number of methoxy groups -OCH3 is 1. The number of benzene rings is 2. The average molecular weight is 438 g/mol. The highest BCUT2D eigenvalue weighted by Gasteiger charge is 2.29. The van der Waals surface area contributed by atoms with Crippen molar-refractivity contribution in [1.82, 2.24) is 4.31 Å². The van der Waals surface area contributed by atoms with E-state index in [1.54, 1.807) is 6.07 Å². The molecule has 156 valence electrons. The summed E-state index contributed by atoms with van der Waals surface area (Å²) in [6, 6.07) is 10.2. The molecule has 3 rings (SSSR count). The fraction of sp³-hybridized carbons (Fsp3) is 0.350. The van der Waals surface area contributed by atoms with Gasteiger partial charge in [-0.3, -0.25) is 4.79 Å². The molecule has 7 nitrogen and oxygen atoms in total. The highest BCUT2D eigenvalue weighted by Crippen LogP contribution is 2.30. The van der Waals surface area contributed by atoms with Gasteiger partial charge in [-0.2, -0.15) is 4.31 Å². The maximum Gasteiger partial charge on any atom is 0.243 e. The first-order chi connectivity index (χ1) is 13.7. The summed E-state index contributed by atoms with van der Waals surface area (Å²) in [4.78, 5) is 13.7. The van der Waals surface area contributed by atoms with Crippen LogP contribution in [0, 0.1) is 6.92 Å². The molecule has 0 aromatic heterocycles. The van der Waals surface area contributed by atoms with Crippen LogP contribution in [0.2, 0.25) is 5.02 Å².